The first-order valence-electron chi connectivity index (χ1n) is 10.3. The summed E-state index contributed by atoms with van der Waals surface area (Å²) in [6, 6.07) is 6.60. The van der Waals surface area contributed by atoms with Gasteiger partial charge in [0.05, 0.1) is 7.11 Å². The van der Waals surface area contributed by atoms with Crippen molar-refractivity contribution in [1.29, 1.82) is 0 Å². The molecule has 8 nitrogen and oxygen atoms in total. The van der Waals surface area contributed by atoms with Crippen molar-refractivity contribution in [3.8, 4) is 18.1 Å². The summed E-state index contributed by atoms with van der Waals surface area (Å²) in [4.78, 5) is 35.2. The van der Waals surface area contributed by atoms with Crippen molar-refractivity contribution >= 4 is 23.2 Å². The largest absolute Gasteiger partial charge is 0.481 e. The topological polar surface area (TPSA) is 95.8 Å². The van der Waals surface area contributed by atoms with Gasteiger partial charge in [0, 0.05) is 5.56 Å². The summed E-state index contributed by atoms with van der Waals surface area (Å²) in [5.74, 6) is 2.08. The van der Waals surface area contributed by atoms with Crippen molar-refractivity contribution in [2.75, 3.05) is 27.4 Å². The Kier molecular flexibility index (Phi) is 9.43. The fraction of sp³-hybridized carbons (Fsp3) is 0.360. The van der Waals surface area contributed by atoms with Crippen LogP contribution in [0.1, 0.15) is 44.0 Å². The van der Waals surface area contributed by atoms with E-state index < -0.39 is 5.97 Å². The van der Waals surface area contributed by atoms with Crippen LogP contribution >= 0.6 is 0 Å². The van der Waals surface area contributed by atoms with Crippen LogP contribution in [0.2, 0.25) is 0 Å². The van der Waals surface area contributed by atoms with Crippen LogP contribution in [-0.2, 0) is 19.2 Å². The Hall–Kier alpha value is -3.86. The van der Waals surface area contributed by atoms with Crippen molar-refractivity contribution in [3.63, 3.8) is 0 Å². The molecule has 0 saturated carbocycles. The molecule has 1 aromatic rings. The number of ketones is 1. The molecule has 174 valence electrons. The van der Waals surface area contributed by atoms with Gasteiger partial charge < -0.3 is 19.1 Å². The van der Waals surface area contributed by atoms with Crippen molar-refractivity contribution in [2.24, 2.45) is 10.3 Å². The van der Waals surface area contributed by atoms with Crippen molar-refractivity contribution in [1.82, 2.24) is 0 Å². The lowest BCUT2D eigenvalue weighted by molar-refractivity contribution is -0.132. The highest BCUT2D eigenvalue weighted by Gasteiger charge is 2.26. The number of rotatable bonds is 10. The van der Waals surface area contributed by atoms with Crippen molar-refractivity contribution < 1.29 is 28.7 Å². The summed E-state index contributed by atoms with van der Waals surface area (Å²) in [6.07, 6.45) is 6.27. The normalized spacial score (nSPS) is 14.5. The molecule has 0 atom stereocenters. The number of terminal acetylenes is 1. The predicted molar refractivity (Wildman–Crippen MR) is 125 cm³/mol. The van der Waals surface area contributed by atoms with Crippen LogP contribution < -0.4 is 4.74 Å². The number of hydrogen-bond acceptors (Lipinski definition) is 8. The summed E-state index contributed by atoms with van der Waals surface area (Å²) < 4.78 is 10.2. The number of methoxy groups -OCH3 is 1. The molecule has 2 rings (SSSR count). The third-order valence-electron chi connectivity index (χ3n) is 5.13. The fourth-order valence-corrected chi connectivity index (χ4v) is 3.20. The quantitative estimate of drug-likeness (QED) is 0.134. The zero-order chi connectivity index (χ0) is 24.4. The van der Waals surface area contributed by atoms with Gasteiger partial charge in [-0.2, -0.15) is 0 Å². The minimum atomic E-state index is -0.596. The second-order valence-electron chi connectivity index (χ2n) is 7.41. The Morgan fingerprint density at radius 2 is 1.73 bits per heavy atom. The number of oxime groups is 2. The van der Waals surface area contributed by atoms with Crippen LogP contribution in [0.15, 0.2) is 56.9 Å². The highest BCUT2D eigenvalue weighted by molar-refractivity contribution is 6.45. The van der Waals surface area contributed by atoms with E-state index in [2.05, 4.69) is 16.2 Å². The maximum absolute atomic E-state index is 12.6. The van der Waals surface area contributed by atoms with Gasteiger partial charge >= 0.3 is 5.97 Å². The molecule has 0 amide bonds. The van der Waals surface area contributed by atoms with E-state index in [0.29, 0.717) is 29.7 Å². The van der Waals surface area contributed by atoms with Crippen molar-refractivity contribution in [3.05, 3.63) is 52.1 Å². The average Bonchev–Trinajstić information content (AvgIpc) is 2.82. The number of nitrogens with zero attached hydrogens (tertiary/aromatic N) is 2. The molecule has 0 spiro atoms. The molecule has 0 saturated heterocycles. The Bertz CT molecular complexity index is 1060. The summed E-state index contributed by atoms with van der Waals surface area (Å²) in [5, 5.41) is 7.85. The van der Waals surface area contributed by atoms with Gasteiger partial charge in [-0.05, 0) is 69.0 Å². The maximum Gasteiger partial charge on any atom is 0.360 e. The summed E-state index contributed by atoms with van der Waals surface area (Å²) in [5.41, 5.74) is 4.52. The van der Waals surface area contributed by atoms with Crippen molar-refractivity contribution in [2.45, 2.75) is 33.6 Å². The van der Waals surface area contributed by atoms with Crippen LogP contribution in [0.25, 0.3) is 0 Å². The number of hydrogen-bond donors (Lipinski definition) is 0. The van der Waals surface area contributed by atoms with E-state index in [1.165, 1.54) is 19.8 Å². The summed E-state index contributed by atoms with van der Waals surface area (Å²) >= 11 is 0. The zero-order valence-corrected chi connectivity index (χ0v) is 19.6. The van der Waals surface area contributed by atoms with Gasteiger partial charge in [-0.3, -0.25) is 4.79 Å². The second-order valence-corrected chi connectivity index (χ2v) is 7.41. The van der Waals surface area contributed by atoms with E-state index in [-0.39, 0.29) is 30.4 Å². The smallest absolute Gasteiger partial charge is 0.360 e. The lowest BCUT2D eigenvalue weighted by Gasteiger charge is -2.22. The first-order chi connectivity index (χ1) is 15.8. The Morgan fingerprint density at radius 3 is 2.33 bits per heavy atom. The number of allylic oxidation sites excluding steroid dienone is 2. The Balaban J connectivity index is 2.17. The van der Waals surface area contributed by atoms with Crippen LogP contribution in [0.3, 0.4) is 0 Å². The summed E-state index contributed by atoms with van der Waals surface area (Å²) in [7, 11) is 2.65. The number of benzene rings is 1. The lowest BCUT2D eigenvalue weighted by Crippen LogP contribution is -2.23. The maximum atomic E-state index is 12.6. The Labute approximate surface area is 193 Å². The summed E-state index contributed by atoms with van der Waals surface area (Å²) in [6.45, 7) is 5.83. The minimum Gasteiger partial charge on any atom is -0.481 e. The number of esters is 1. The molecule has 0 N–H and O–H groups in total. The molecule has 0 unspecified atom stereocenters. The molecule has 0 aliphatic heterocycles. The standard InChI is InChI=1S/C25H28N2O6/c1-7-12-32-21-10-8-19(9-11-21)24(28)18(4)26-33-15-20-13-16(2)17(3)14-22(20)23(27-31-6)25(29)30-5/h1,8-11H,12-15H2,2-6H3/b26-18+,27-23+. The predicted octanol–water partition coefficient (Wildman–Crippen LogP) is 3.88. The molecule has 1 aliphatic carbocycles. The second kappa shape index (κ2) is 12.2. The molecule has 1 aromatic carbocycles. The third-order valence-corrected chi connectivity index (χ3v) is 5.13. The molecule has 8 heteroatoms. The van der Waals surface area contributed by atoms with Crippen LogP contribution in [-0.4, -0.2) is 50.6 Å². The van der Waals surface area contributed by atoms with Gasteiger partial charge in [-0.1, -0.05) is 27.4 Å². The van der Waals surface area contributed by atoms with E-state index in [9.17, 15) is 9.59 Å². The number of carbonyl (C=O) groups is 2. The van der Waals surface area contributed by atoms with E-state index >= 15 is 0 Å². The highest BCUT2D eigenvalue weighted by atomic mass is 16.6. The van der Waals surface area contributed by atoms with E-state index in [4.69, 9.17) is 25.6 Å². The minimum absolute atomic E-state index is 0.0865. The van der Waals surface area contributed by atoms with Gasteiger partial charge in [-0.25, -0.2) is 4.79 Å². The molecular weight excluding hydrogens is 424 g/mol. The first kappa shape index (κ1) is 25.4. The van der Waals surface area contributed by atoms with Gasteiger partial charge in [-0.15, -0.1) is 6.42 Å². The first-order valence-corrected chi connectivity index (χ1v) is 10.3. The van der Waals surface area contributed by atoms with E-state index in [1.54, 1.807) is 31.2 Å². The molecular formula is C25H28N2O6. The molecule has 0 bridgehead atoms. The van der Waals surface area contributed by atoms with E-state index in [1.807, 2.05) is 13.8 Å². The molecule has 1 aliphatic rings. The van der Waals surface area contributed by atoms with Gasteiger partial charge in [0.2, 0.25) is 5.78 Å². The van der Waals surface area contributed by atoms with Crippen LogP contribution in [0.4, 0.5) is 0 Å². The number of Topliss-reactive ketones (excluding diaryl/α,β-unsaturated/α-hetero) is 1. The van der Waals surface area contributed by atoms with Gasteiger partial charge in [0.25, 0.3) is 0 Å². The monoisotopic (exact) mass is 452 g/mol. The van der Waals surface area contributed by atoms with Gasteiger partial charge in [0.15, 0.2) is 5.71 Å². The fourth-order valence-electron chi connectivity index (χ4n) is 3.20. The van der Waals surface area contributed by atoms with Crippen LogP contribution in [0.5, 0.6) is 5.75 Å². The average molecular weight is 453 g/mol. The number of carbonyl (C=O) groups excluding carboxylic acids is 2. The van der Waals surface area contributed by atoms with Crippen LogP contribution in [0, 0.1) is 12.3 Å². The molecule has 0 aromatic heterocycles. The molecule has 33 heavy (non-hydrogen) atoms. The highest BCUT2D eigenvalue weighted by Crippen LogP contribution is 2.31. The van der Waals surface area contributed by atoms with Gasteiger partial charge in [0.1, 0.15) is 31.8 Å². The van der Waals surface area contributed by atoms with E-state index in [0.717, 1.165) is 11.1 Å². The zero-order valence-electron chi connectivity index (χ0n) is 19.6. The Morgan fingerprint density at radius 1 is 1.06 bits per heavy atom. The SMILES string of the molecule is C#CCOc1ccc(C(=O)/C(C)=N/OCC2=C(/C(=N\OC)C(=O)OC)CC(C)=C(C)C2)cc1. The molecule has 0 heterocycles. The lowest BCUT2D eigenvalue weighted by atomic mass is 9.85. The molecule has 0 radical (unpaired) electrons. The molecule has 0 fully saturated rings. The third kappa shape index (κ3) is 6.81. The number of ether oxygens (including phenoxy) is 2.